The highest BCUT2D eigenvalue weighted by atomic mass is 32.1. The molecule has 0 saturated heterocycles. The standard InChI is InChI=1S/C14H14N2O4S/c1-8-6-7-12(21-8)9(2)15-14(18)10-4-3-5-11(13(10)17)16(19)20/h3-7,9,17H,1-2H3,(H,15,18). The normalized spacial score (nSPS) is 11.9. The van der Waals surface area contributed by atoms with Crippen LogP contribution in [-0.2, 0) is 0 Å². The van der Waals surface area contributed by atoms with Crippen molar-refractivity contribution in [2.24, 2.45) is 0 Å². The molecule has 0 fully saturated rings. The molecule has 1 unspecified atom stereocenters. The van der Waals surface area contributed by atoms with Crippen LogP contribution in [0.2, 0.25) is 0 Å². The monoisotopic (exact) mass is 306 g/mol. The number of benzene rings is 1. The Morgan fingerprint density at radius 2 is 2.10 bits per heavy atom. The number of amides is 1. The fourth-order valence-corrected chi connectivity index (χ4v) is 2.77. The molecule has 1 atom stereocenters. The second kappa shape index (κ2) is 5.92. The van der Waals surface area contributed by atoms with Gasteiger partial charge in [0.1, 0.15) is 0 Å². The predicted molar refractivity (Wildman–Crippen MR) is 79.7 cm³/mol. The fourth-order valence-electron chi connectivity index (χ4n) is 1.89. The summed E-state index contributed by atoms with van der Waals surface area (Å²) in [6.07, 6.45) is 0. The summed E-state index contributed by atoms with van der Waals surface area (Å²) in [5.74, 6) is -1.16. The molecule has 0 aliphatic rings. The summed E-state index contributed by atoms with van der Waals surface area (Å²) in [4.78, 5) is 24.3. The maximum Gasteiger partial charge on any atom is 0.311 e. The molecule has 1 amide bonds. The van der Waals surface area contributed by atoms with Crippen LogP contribution in [0.1, 0.15) is 33.1 Å². The maximum atomic E-state index is 12.1. The number of thiophene rings is 1. The van der Waals surface area contributed by atoms with E-state index in [1.165, 1.54) is 12.1 Å². The molecule has 6 nitrogen and oxygen atoms in total. The molecule has 0 spiro atoms. The van der Waals surface area contributed by atoms with Gasteiger partial charge in [0.25, 0.3) is 5.91 Å². The van der Waals surface area contributed by atoms with Crippen LogP contribution in [-0.4, -0.2) is 15.9 Å². The first-order chi connectivity index (χ1) is 9.90. The Labute approximate surface area is 125 Å². The largest absolute Gasteiger partial charge is 0.502 e. The number of carbonyl (C=O) groups is 1. The van der Waals surface area contributed by atoms with Crippen molar-refractivity contribution in [3.8, 4) is 5.75 Å². The number of hydrogen-bond acceptors (Lipinski definition) is 5. The number of phenols is 1. The number of rotatable bonds is 4. The first-order valence-electron chi connectivity index (χ1n) is 6.23. The Bertz CT molecular complexity index is 696. The zero-order valence-electron chi connectivity index (χ0n) is 11.5. The first-order valence-corrected chi connectivity index (χ1v) is 7.05. The lowest BCUT2D eigenvalue weighted by Gasteiger charge is -2.12. The number of aromatic hydroxyl groups is 1. The zero-order chi connectivity index (χ0) is 15.6. The van der Waals surface area contributed by atoms with Crippen LogP contribution < -0.4 is 5.32 Å². The molecule has 1 aromatic heterocycles. The molecule has 110 valence electrons. The average Bonchev–Trinajstić information content (AvgIpc) is 2.85. The molecule has 2 N–H and O–H groups in total. The first kappa shape index (κ1) is 15.0. The van der Waals surface area contributed by atoms with Crippen LogP contribution in [0.4, 0.5) is 5.69 Å². The molecule has 0 radical (unpaired) electrons. The van der Waals surface area contributed by atoms with E-state index in [-0.39, 0.29) is 11.6 Å². The molecule has 2 rings (SSSR count). The van der Waals surface area contributed by atoms with E-state index in [2.05, 4.69) is 5.32 Å². The second-order valence-electron chi connectivity index (χ2n) is 4.57. The molecule has 1 aromatic carbocycles. The van der Waals surface area contributed by atoms with Crippen molar-refractivity contribution in [3.63, 3.8) is 0 Å². The van der Waals surface area contributed by atoms with Gasteiger partial charge in [-0.2, -0.15) is 0 Å². The SMILES string of the molecule is Cc1ccc(C(C)NC(=O)c2cccc([N+](=O)[O-])c2O)s1. The van der Waals surface area contributed by atoms with Crippen LogP contribution in [0.15, 0.2) is 30.3 Å². The number of para-hydroxylation sites is 1. The van der Waals surface area contributed by atoms with E-state index in [0.29, 0.717) is 0 Å². The molecule has 2 aromatic rings. The van der Waals surface area contributed by atoms with E-state index in [0.717, 1.165) is 15.8 Å². The summed E-state index contributed by atoms with van der Waals surface area (Å²) in [5, 5.41) is 23.3. The third-order valence-electron chi connectivity index (χ3n) is 2.99. The van der Waals surface area contributed by atoms with Gasteiger partial charge < -0.3 is 10.4 Å². The van der Waals surface area contributed by atoms with Gasteiger partial charge in [-0.1, -0.05) is 6.07 Å². The lowest BCUT2D eigenvalue weighted by atomic mass is 10.1. The smallest absolute Gasteiger partial charge is 0.311 e. The van der Waals surface area contributed by atoms with E-state index in [1.54, 1.807) is 11.3 Å². The van der Waals surface area contributed by atoms with Crippen molar-refractivity contribution in [1.82, 2.24) is 5.32 Å². The number of carbonyl (C=O) groups excluding carboxylic acids is 1. The van der Waals surface area contributed by atoms with Gasteiger partial charge in [0.05, 0.1) is 16.5 Å². The van der Waals surface area contributed by atoms with Crippen molar-refractivity contribution in [2.75, 3.05) is 0 Å². The Hall–Kier alpha value is -2.41. The molecule has 0 saturated carbocycles. The van der Waals surface area contributed by atoms with Gasteiger partial charge in [0.2, 0.25) is 5.75 Å². The Kier molecular flexibility index (Phi) is 4.23. The molecule has 21 heavy (non-hydrogen) atoms. The number of nitrogens with zero attached hydrogens (tertiary/aromatic N) is 1. The second-order valence-corrected chi connectivity index (χ2v) is 5.89. The number of nitrogens with one attached hydrogen (secondary N) is 1. The summed E-state index contributed by atoms with van der Waals surface area (Å²) >= 11 is 1.56. The van der Waals surface area contributed by atoms with E-state index in [4.69, 9.17) is 0 Å². The minimum Gasteiger partial charge on any atom is -0.502 e. The van der Waals surface area contributed by atoms with Gasteiger partial charge in [0.15, 0.2) is 0 Å². The van der Waals surface area contributed by atoms with Crippen molar-refractivity contribution in [3.05, 3.63) is 55.8 Å². The van der Waals surface area contributed by atoms with Gasteiger partial charge in [0, 0.05) is 15.8 Å². The third-order valence-corrected chi connectivity index (χ3v) is 4.17. The van der Waals surface area contributed by atoms with Gasteiger partial charge in [-0.15, -0.1) is 11.3 Å². The summed E-state index contributed by atoms with van der Waals surface area (Å²) in [5.41, 5.74) is -0.591. The molecular weight excluding hydrogens is 292 g/mol. The quantitative estimate of drug-likeness (QED) is 0.670. The number of nitro benzene ring substituents is 1. The van der Waals surface area contributed by atoms with Gasteiger partial charge in [-0.05, 0) is 32.0 Å². The van der Waals surface area contributed by atoms with E-state index < -0.39 is 22.3 Å². The molecule has 0 bridgehead atoms. The van der Waals surface area contributed by atoms with Crippen LogP contribution in [0.25, 0.3) is 0 Å². The average molecular weight is 306 g/mol. The summed E-state index contributed by atoms with van der Waals surface area (Å²) in [7, 11) is 0. The molecule has 7 heteroatoms. The summed E-state index contributed by atoms with van der Waals surface area (Å²) < 4.78 is 0. The third kappa shape index (κ3) is 3.19. The molecule has 1 heterocycles. The number of hydrogen-bond donors (Lipinski definition) is 2. The van der Waals surface area contributed by atoms with E-state index in [9.17, 15) is 20.0 Å². The molecule has 0 aliphatic heterocycles. The Morgan fingerprint density at radius 3 is 2.67 bits per heavy atom. The lowest BCUT2D eigenvalue weighted by molar-refractivity contribution is -0.385. The van der Waals surface area contributed by atoms with Crippen LogP contribution >= 0.6 is 11.3 Å². The highest BCUT2D eigenvalue weighted by Gasteiger charge is 2.22. The zero-order valence-corrected chi connectivity index (χ0v) is 12.3. The van der Waals surface area contributed by atoms with Crippen molar-refractivity contribution < 1.29 is 14.8 Å². The highest BCUT2D eigenvalue weighted by molar-refractivity contribution is 7.12. The topological polar surface area (TPSA) is 92.5 Å². The summed E-state index contributed by atoms with van der Waals surface area (Å²) in [6, 6.07) is 7.50. The van der Waals surface area contributed by atoms with E-state index in [1.807, 2.05) is 26.0 Å². The van der Waals surface area contributed by atoms with Crippen molar-refractivity contribution >= 4 is 22.9 Å². The maximum absolute atomic E-state index is 12.1. The highest BCUT2D eigenvalue weighted by Crippen LogP contribution is 2.30. The minimum atomic E-state index is -0.724. The Balaban J connectivity index is 2.21. The van der Waals surface area contributed by atoms with Crippen LogP contribution in [0.5, 0.6) is 5.75 Å². The summed E-state index contributed by atoms with van der Waals surface area (Å²) in [6.45, 7) is 3.78. The number of aryl methyl sites for hydroxylation is 1. The number of phenolic OH excluding ortho intramolecular Hbond substituents is 1. The van der Waals surface area contributed by atoms with Gasteiger partial charge in [-0.25, -0.2) is 0 Å². The van der Waals surface area contributed by atoms with E-state index >= 15 is 0 Å². The van der Waals surface area contributed by atoms with Crippen LogP contribution in [0.3, 0.4) is 0 Å². The molecular formula is C14H14N2O4S. The lowest BCUT2D eigenvalue weighted by Crippen LogP contribution is -2.26. The fraction of sp³-hybridized carbons (Fsp3) is 0.214. The van der Waals surface area contributed by atoms with Crippen molar-refractivity contribution in [1.29, 1.82) is 0 Å². The number of nitro groups is 1. The van der Waals surface area contributed by atoms with Crippen molar-refractivity contribution in [2.45, 2.75) is 19.9 Å². The Morgan fingerprint density at radius 1 is 1.38 bits per heavy atom. The van der Waals surface area contributed by atoms with Gasteiger partial charge in [-0.3, -0.25) is 14.9 Å². The van der Waals surface area contributed by atoms with Gasteiger partial charge >= 0.3 is 5.69 Å². The molecule has 0 aliphatic carbocycles. The predicted octanol–water partition coefficient (Wildman–Crippen LogP) is 3.16. The van der Waals surface area contributed by atoms with Crippen LogP contribution in [0, 0.1) is 17.0 Å². The minimum absolute atomic E-state index is 0.107.